The molecule has 0 atom stereocenters. The summed E-state index contributed by atoms with van der Waals surface area (Å²) in [6, 6.07) is 0.184. The summed E-state index contributed by atoms with van der Waals surface area (Å²) in [6.45, 7) is 7.73. The molecule has 118 valence electrons. The molecule has 0 aromatic carbocycles. The monoisotopic (exact) mass is 303 g/mol. The molecule has 1 saturated heterocycles. The number of rotatable bonds is 4. The van der Waals surface area contributed by atoms with Gasteiger partial charge in [0.15, 0.2) is 5.82 Å². The summed E-state index contributed by atoms with van der Waals surface area (Å²) in [5.74, 6) is 0.937. The van der Waals surface area contributed by atoms with Crippen LogP contribution in [0.5, 0.6) is 0 Å². The van der Waals surface area contributed by atoms with Gasteiger partial charge in [-0.3, -0.25) is 14.1 Å². The number of nitrogens with one attached hydrogen (secondary N) is 1. The van der Waals surface area contributed by atoms with E-state index in [1.807, 2.05) is 24.4 Å². The molecule has 22 heavy (non-hydrogen) atoms. The summed E-state index contributed by atoms with van der Waals surface area (Å²) in [5.41, 5.74) is 0.772. The first-order valence-corrected chi connectivity index (χ1v) is 7.54. The Morgan fingerprint density at radius 1 is 1.32 bits per heavy atom. The fourth-order valence-electron chi connectivity index (χ4n) is 2.66. The van der Waals surface area contributed by atoms with Gasteiger partial charge in [0.25, 0.3) is 0 Å². The first-order valence-electron chi connectivity index (χ1n) is 7.54. The molecule has 0 radical (unpaired) electrons. The van der Waals surface area contributed by atoms with Gasteiger partial charge < -0.3 is 10.2 Å². The van der Waals surface area contributed by atoms with Crippen molar-refractivity contribution in [3.05, 3.63) is 18.7 Å². The highest BCUT2D eigenvalue weighted by atomic mass is 16.2. The number of anilines is 1. The molecule has 3 rings (SSSR count). The van der Waals surface area contributed by atoms with Crippen molar-refractivity contribution in [2.75, 3.05) is 37.6 Å². The fourth-order valence-corrected chi connectivity index (χ4v) is 2.66. The van der Waals surface area contributed by atoms with Gasteiger partial charge in [-0.1, -0.05) is 0 Å². The van der Waals surface area contributed by atoms with Crippen LogP contribution in [0.25, 0.3) is 5.65 Å². The Kier molecular flexibility index (Phi) is 4.19. The number of piperazine rings is 1. The lowest BCUT2D eigenvalue weighted by Crippen LogP contribution is -2.50. The summed E-state index contributed by atoms with van der Waals surface area (Å²) in [6.07, 6.45) is 5.27. The fraction of sp³-hybridized carbons (Fsp3) is 0.571. The van der Waals surface area contributed by atoms with Crippen LogP contribution in [0.15, 0.2) is 18.7 Å². The van der Waals surface area contributed by atoms with E-state index in [9.17, 15) is 4.79 Å². The highest BCUT2D eigenvalue weighted by molar-refractivity contribution is 5.78. The number of aromatic nitrogens is 4. The molecule has 1 aliphatic rings. The molecule has 0 saturated carbocycles. The van der Waals surface area contributed by atoms with Crippen molar-refractivity contribution in [1.82, 2.24) is 29.8 Å². The Balaban J connectivity index is 1.60. The SMILES string of the molecule is CC(C)NC(=O)CN1CCN(c2nccn3cnnc23)CC1. The molecule has 8 nitrogen and oxygen atoms in total. The van der Waals surface area contributed by atoms with Gasteiger partial charge in [0.05, 0.1) is 6.54 Å². The normalized spacial score (nSPS) is 16.4. The third kappa shape index (κ3) is 3.16. The lowest BCUT2D eigenvalue weighted by molar-refractivity contribution is -0.122. The van der Waals surface area contributed by atoms with Gasteiger partial charge in [-0.25, -0.2) is 4.98 Å². The Labute approximate surface area is 129 Å². The number of hydrogen-bond donors (Lipinski definition) is 1. The quantitative estimate of drug-likeness (QED) is 0.841. The highest BCUT2D eigenvalue weighted by Crippen LogP contribution is 2.17. The molecule has 8 heteroatoms. The second kappa shape index (κ2) is 6.27. The summed E-state index contributed by atoms with van der Waals surface area (Å²) in [5, 5.41) is 11.0. The van der Waals surface area contributed by atoms with Crippen LogP contribution in [0, 0.1) is 0 Å². The zero-order valence-electron chi connectivity index (χ0n) is 12.9. The maximum Gasteiger partial charge on any atom is 0.234 e. The molecule has 0 aliphatic carbocycles. The van der Waals surface area contributed by atoms with E-state index in [0.29, 0.717) is 6.54 Å². The van der Waals surface area contributed by atoms with Gasteiger partial charge in [0.2, 0.25) is 11.6 Å². The molecule has 2 aromatic rings. The Bertz CT molecular complexity index is 645. The van der Waals surface area contributed by atoms with Gasteiger partial charge >= 0.3 is 0 Å². The van der Waals surface area contributed by atoms with Crippen molar-refractivity contribution >= 4 is 17.4 Å². The van der Waals surface area contributed by atoms with Gasteiger partial charge in [-0.2, -0.15) is 0 Å². The first kappa shape index (κ1) is 14.7. The zero-order valence-corrected chi connectivity index (χ0v) is 12.9. The van der Waals surface area contributed by atoms with Crippen LogP contribution >= 0.6 is 0 Å². The number of hydrogen-bond acceptors (Lipinski definition) is 6. The number of amides is 1. The van der Waals surface area contributed by atoms with E-state index in [-0.39, 0.29) is 11.9 Å². The number of carbonyl (C=O) groups excluding carboxylic acids is 1. The molecule has 1 fully saturated rings. The van der Waals surface area contributed by atoms with Crippen molar-refractivity contribution in [2.45, 2.75) is 19.9 Å². The van der Waals surface area contributed by atoms with Crippen LogP contribution in [-0.2, 0) is 4.79 Å². The minimum Gasteiger partial charge on any atom is -0.353 e. The van der Waals surface area contributed by atoms with E-state index < -0.39 is 0 Å². The summed E-state index contributed by atoms with van der Waals surface area (Å²) in [7, 11) is 0. The molecule has 0 spiro atoms. The lowest BCUT2D eigenvalue weighted by Gasteiger charge is -2.34. The molecular formula is C14H21N7O. The van der Waals surface area contributed by atoms with Gasteiger partial charge in [-0.15, -0.1) is 10.2 Å². The second-order valence-electron chi connectivity index (χ2n) is 5.80. The van der Waals surface area contributed by atoms with Gasteiger partial charge in [-0.05, 0) is 13.8 Å². The Morgan fingerprint density at radius 3 is 2.82 bits per heavy atom. The van der Waals surface area contributed by atoms with Crippen molar-refractivity contribution in [3.63, 3.8) is 0 Å². The number of nitrogens with zero attached hydrogens (tertiary/aromatic N) is 6. The van der Waals surface area contributed by atoms with E-state index in [4.69, 9.17) is 0 Å². The van der Waals surface area contributed by atoms with Crippen molar-refractivity contribution in [1.29, 1.82) is 0 Å². The Hall–Kier alpha value is -2.22. The van der Waals surface area contributed by atoms with Crippen LogP contribution in [0.2, 0.25) is 0 Å². The van der Waals surface area contributed by atoms with Gasteiger partial charge in [0, 0.05) is 44.6 Å². The predicted molar refractivity (Wildman–Crippen MR) is 82.7 cm³/mol. The van der Waals surface area contributed by atoms with Crippen LogP contribution < -0.4 is 10.2 Å². The molecular weight excluding hydrogens is 282 g/mol. The molecule has 3 heterocycles. The molecule has 0 bridgehead atoms. The largest absolute Gasteiger partial charge is 0.353 e. The van der Waals surface area contributed by atoms with E-state index in [2.05, 4.69) is 30.3 Å². The molecule has 1 aliphatic heterocycles. The third-order valence-corrected chi connectivity index (χ3v) is 3.69. The summed E-state index contributed by atoms with van der Waals surface area (Å²) >= 11 is 0. The van der Waals surface area contributed by atoms with Crippen LogP contribution in [0.3, 0.4) is 0 Å². The molecule has 2 aromatic heterocycles. The lowest BCUT2D eigenvalue weighted by atomic mass is 10.3. The smallest absolute Gasteiger partial charge is 0.234 e. The zero-order chi connectivity index (χ0) is 15.5. The maximum absolute atomic E-state index is 11.8. The average molecular weight is 303 g/mol. The van der Waals surface area contributed by atoms with Crippen LogP contribution in [0.1, 0.15) is 13.8 Å². The molecule has 0 unspecified atom stereocenters. The average Bonchev–Trinajstić information content (AvgIpc) is 2.95. The minimum atomic E-state index is 0.0844. The van der Waals surface area contributed by atoms with Crippen molar-refractivity contribution in [2.24, 2.45) is 0 Å². The molecule has 1 amide bonds. The summed E-state index contributed by atoms with van der Waals surface area (Å²) in [4.78, 5) is 20.6. The van der Waals surface area contributed by atoms with Crippen LogP contribution in [0.4, 0.5) is 5.82 Å². The first-order chi connectivity index (χ1) is 10.6. The predicted octanol–water partition coefficient (Wildman–Crippen LogP) is -0.229. The van der Waals surface area contributed by atoms with Crippen molar-refractivity contribution in [3.8, 4) is 0 Å². The van der Waals surface area contributed by atoms with E-state index in [1.165, 1.54) is 0 Å². The van der Waals surface area contributed by atoms with Crippen LogP contribution in [-0.4, -0.2) is 69.2 Å². The second-order valence-corrected chi connectivity index (χ2v) is 5.80. The third-order valence-electron chi connectivity index (χ3n) is 3.69. The van der Waals surface area contributed by atoms with E-state index in [0.717, 1.165) is 37.6 Å². The van der Waals surface area contributed by atoms with Gasteiger partial charge in [0.1, 0.15) is 6.33 Å². The summed E-state index contributed by atoms with van der Waals surface area (Å²) < 4.78 is 1.87. The number of fused-ring (bicyclic) bond motifs is 1. The van der Waals surface area contributed by atoms with E-state index >= 15 is 0 Å². The topological polar surface area (TPSA) is 78.7 Å². The molecule has 1 N–H and O–H groups in total. The van der Waals surface area contributed by atoms with Crippen molar-refractivity contribution < 1.29 is 4.79 Å². The maximum atomic E-state index is 11.8. The number of carbonyl (C=O) groups is 1. The highest BCUT2D eigenvalue weighted by Gasteiger charge is 2.22. The Morgan fingerprint density at radius 2 is 2.09 bits per heavy atom. The standard InChI is InChI=1S/C14H21N7O/c1-11(2)17-12(22)9-19-5-7-20(8-6-19)13-14-18-16-10-21(14)4-3-15-13/h3-4,10-11H,5-9H2,1-2H3,(H,17,22). The van der Waals surface area contributed by atoms with E-state index in [1.54, 1.807) is 12.5 Å². The minimum absolute atomic E-state index is 0.0844.